The van der Waals surface area contributed by atoms with E-state index in [0.29, 0.717) is 24.5 Å². The zero-order valence-corrected chi connectivity index (χ0v) is 17.5. The van der Waals surface area contributed by atoms with Gasteiger partial charge in [0, 0.05) is 31.2 Å². The van der Waals surface area contributed by atoms with E-state index in [1.807, 2.05) is 24.4 Å². The Morgan fingerprint density at radius 3 is 2.58 bits per heavy atom. The molecule has 2 bridgehead atoms. The molecule has 1 fully saturated rings. The number of benzene rings is 1. The molecule has 8 nitrogen and oxygen atoms in total. The number of allylic oxidation sites excluding steroid dienone is 1. The molecule has 2 heterocycles. The number of carbonyl (C=O) groups excluding carboxylic acids is 1. The highest BCUT2D eigenvalue weighted by Gasteiger charge is 2.47. The number of methoxy groups -OCH3 is 2. The molecule has 1 aliphatic heterocycles. The van der Waals surface area contributed by atoms with Crippen molar-refractivity contribution in [2.24, 2.45) is 28.5 Å². The van der Waals surface area contributed by atoms with E-state index in [2.05, 4.69) is 22.5 Å². The van der Waals surface area contributed by atoms with Crippen molar-refractivity contribution in [3.05, 3.63) is 47.4 Å². The number of nitrogens with zero attached hydrogens (tertiary/aromatic N) is 3. The average molecular weight is 419 g/mol. The van der Waals surface area contributed by atoms with Crippen LogP contribution in [0.25, 0.3) is 0 Å². The van der Waals surface area contributed by atoms with E-state index in [9.17, 15) is 4.79 Å². The summed E-state index contributed by atoms with van der Waals surface area (Å²) in [6.07, 6.45) is 8.26. The van der Waals surface area contributed by atoms with E-state index in [-0.39, 0.29) is 29.7 Å². The van der Waals surface area contributed by atoms with E-state index < -0.39 is 0 Å². The minimum absolute atomic E-state index is 0.0768. The minimum Gasteiger partial charge on any atom is -0.497 e. The number of amides is 1. The van der Waals surface area contributed by atoms with Gasteiger partial charge < -0.3 is 20.5 Å². The third-order valence-corrected chi connectivity index (χ3v) is 6.37. The molecular weight excluding hydrogens is 394 g/mol. The lowest BCUT2D eigenvalue weighted by Crippen LogP contribution is -2.41. The molecule has 3 aliphatic rings. The second kappa shape index (κ2) is 7.68. The van der Waals surface area contributed by atoms with Crippen molar-refractivity contribution in [3.63, 3.8) is 0 Å². The Morgan fingerprint density at radius 1 is 1.13 bits per heavy atom. The number of ether oxygens (including phenoxy) is 2. The fraction of sp³-hybridized carbons (Fsp3) is 0.391. The molecule has 31 heavy (non-hydrogen) atoms. The Kier molecular flexibility index (Phi) is 4.84. The fourth-order valence-corrected chi connectivity index (χ4v) is 4.95. The third kappa shape index (κ3) is 3.52. The van der Waals surface area contributed by atoms with Crippen LogP contribution in [0.1, 0.15) is 23.5 Å². The first-order valence-corrected chi connectivity index (χ1v) is 10.4. The van der Waals surface area contributed by atoms with Gasteiger partial charge >= 0.3 is 0 Å². The topological polar surface area (TPSA) is 112 Å². The Morgan fingerprint density at radius 2 is 1.87 bits per heavy atom. The Bertz CT molecular complexity index is 1070. The van der Waals surface area contributed by atoms with Crippen molar-refractivity contribution in [2.45, 2.75) is 25.3 Å². The number of hydrogen-bond acceptors (Lipinski definition) is 7. The van der Waals surface area contributed by atoms with Crippen LogP contribution >= 0.6 is 0 Å². The first kappa shape index (κ1) is 19.5. The number of hydrogen-bond donors (Lipinski definition) is 2. The Hall–Kier alpha value is -3.42. The number of carbonyl (C=O) groups is 1. The molecule has 1 saturated carbocycles. The van der Waals surface area contributed by atoms with Gasteiger partial charge in [0.15, 0.2) is 5.82 Å². The highest BCUT2D eigenvalue weighted by atomic mass is 16.5. The van der Waals surface area contributed by atoms with Crippen molar-refractivity contribution in [1.29, 1.82) is 0 Å². The van der Waals surface area contributed by atoms with E-state index in [1.54, 1.807) is 14.2 Å². The van der Waals surface area contributed by atoms with Crippen LogP contribution in [0.5, 0.6) is 11.5 Å². The lowest BCUT2D eigenvalue weighted by molar-refractivity contribution is -0.122. The molecule has 160 valence electrons. The lowest BCUT2D eigenvalue weighted by atomic mass is 9.88. The highest BCUT2D eigenvalue weighted by Crippen LogP contribution is 2.45. The smallest absolute Gasteiger partial charge is 0.223 e. The van der Waals surface area contributed by atoms with Crippen LogP contribution in [-0.4, -0.2) is 42.4 Å². The number of nitrogens with one attached hydrogen (secondary N) is 1. The lowest BCUT2D eigenvalue weighted by Gasteiger charge is -2.27. The molecule has 0 saturated heterocycles. The zero-order chi connectivity index (χ0) is 21.5. The second-order valence-electron chi connectivity index (χ2n) is 8.24. The third-order valence-electron chi connectivity index (χ3n) is 6.37. The summed E-state index contributed by atoms with van der Waals surface area (Å²) >= 11 is 0. The van der Waals surface area contributed by atoms with Crippen molar-refractivity contribution in [1.82, 2.24) is 9.97 Å². The van der Waals surface area contributed by atoms with Gasteiger partial charge in [-0.15, -0.1) is 0 Å². The molecule has 0 spiro atoms. The fourth-order valence-electron chi connectivity index (χ4n) is 4.95. The largest absolute Gasteiger partial charge is 0.497 e. The van der Waals surface area contributed by atoms with E-state index in [1.165, 1.54) is 0 Å². The normalized spacial score (nSPS) is 25.0. The second-order valence-corrected chi connectivity index (χ2v) is 8.24. The quantitative estimate of drug-likeness (QED) is 0.667. The van der Waals surface area contributed by atoms with Crippen LogP contribution < -0.4 is 20.5 Å². The molecule has 4 atom stereocenters. The zero-order valence-electron chi connectivity index (χ0n) is 17.5. The van der Waals surface area contributed by atoms with Crippen LogP contribution in [0.3, 0.4) is 0 Å². The van der Waals surface area contributed by atoms with Crippen molar-refractivity contribution in [3.8, 4) is 11.5 Å². The van der Waals surface area contributed by atoms with Crippen molar-refractivity contribution >= 4 is 23.6 Å². The van der Waals surface area contributed by atoms with Crippen LogP contribution in [-0.2, 0) is 17.6 Å². The number of anilines is 1. The minimum atomic E-state index is -0.271. The van der Waals surface area contributed by atoms with Gasteiger partial charge in [0.05, 0.1) is 25.8 Å². The van der Waals surface area contributed by atoms with Crippen LogP contribution in [0.15, 0.2) is 35.3 Å². The summed E-state index contributed by atoms with van der Waals surface area (Å²) in [6.45, 7) is 0. The van der Waals surface area contributed by atoms with E-state index >= 15 is 0 Å². The number of aliphatic imine (C=N–C) groups is 1. The maximum absolute atomic E-state index is 12.1. The number of primary amides is 1. The first-order valence-electron chi connectivity index (χ1n) is 10.4. The summed E-state index contributed by atoms with van der Waals surface area (Å²) in [4.78, 5) is 26.1. The van der Waals surface area contributed by atoms with Gasteiger partial charge in [-0.1, -0.05) is 12.2 Å². The van der Waals surface area contributed by atoms with Crippen molar-refractivity contribution in [2.75, 3.05) is 19.5 Å². The van der Waals surface area contributed by atoms with Crippen LogP contribution in [0, 0.1) is 17.8 Å². The monoisotopic (exact) mass is 419 g/mol. The van der Waals surface area contributed by atoms with Gasteiger partial charge in [-0.3, -0.25) is 9.79 Å². The molecule has 2 aromatic rings. The molecule has 0 radical (unpaired) electrons. The summed E-state index contributed by atoms with van der Waals surface area (Å²) in [5.41, 5.74) is 8.35. The van der Waals surface area contributed by atoms with E-state index in [0.717, 1.165) is 34.9 Å². The number of rotatable bonds is 7. The summed E-state index contributed by atoms with van der Waals surface area (Å²) in [5.74, 6) is 2.73. The molecule has 4 unspecified atom stereocenters. The Labute approximate surface area is 180 Å². The molecule has 1 aromatic heterocycles. The van der Waals surface area contributed by atoms with E-state index in [4.69, 9.17) is 25.2 Å². The maximum Gasteiger partial charge on any atom is 0.223 e. The summed E-state index contributed by atoms with van der Waals surface area (Å²) in [6, 6.07) is 5.66. The van der Waals surface area contributed by atoms with Gasteiger partial charge in [0.1, 0.15) is 23.0 Å². The molecule has 1 aromatic carbocycles. The van der Waals surface area contributed by atoms with Crippen LogP contribution in [0.2, 0.25) is 0 Å². The predicted octanol–water partition coefficient (Wildman–Crippen LogP) is 2.43. The SMILES string of the molecule is COc1cc(Cc2nc3c(c(NC4C5C=CC(C5)C4C(N)=O)n2)N=CC3)cc(OC)c1. The number of aromatic nitrogens is 2. The Balaban J connectivity index is 1.46. The van der Waals surface area contributed by atoms with Crippen LogP contribution in [0.4, 0.5) is 11.5 Å². The summed E-state index contributed by atoms with van der Waals surface area (Å²) in [7, 11) is 3.26. The molecule has 5 rings (SSSR count). The molecule has 2 aliphatic carbocycles. The standard InChI is InChI=1S/C23H25N5O3/c1-30-15-7-12(8-16(11-15)31-2)9-18-26-17-5-6-25-21(17)23(27-18)28-20-14-4-3-13(10-14)19(20)22(24)29/h3-4,6-8,11,13-14,19-20H,5,9-10H2,1-2H3,(H2,24,29)(H,26,27,28). The number of fused-ring (bicyclic) bond motifs is 3. The van der Waals surface area contributed by atoms with Gasteiger partial charge in [0.2, 0.25) is 5.91 Å². The van der Waals surface area contributed by atoms with Gasteiger partial charge in [0.25, 0.3) is 0 Å². The predicted molar refractivity (Wildman–Crippen MR) is 117 cm³/mol. The summed E-state index contributed by atoms with van der Waals surface area (Å²) < 4.78 is 10.8. The summed E-state index contributed by atoms with van der Waals surface area (Å²) in [5, 5.41) is 3.51. The molecular formula is C23H25N5O3. The van der Waals surface area contributed by atoms with Gasteiger partial charge in [-0.2, -0.15) is 0 Å². The molecule has 8 heteroatoms. The van der Waals surface area contributed by atoms with Gasteiger partial charge in [-0.05, 0) is 36.0 Å². The molecule has 3 N–H and O–H groups in total. The first-order chi connectivity index (χ1) is 15.1. The molecule has 1 amide bonds. The average Bonchev–Trinajstić information content (AvgIpc) is 3.49. The highest BCUT2D eigenvalue weighted by molar-refractivity contribution is 5.82. The van der Waals surface area contributed by atoms with Crippen molar-refractivity contribution < 1.29 is 14.3 Å². The maximum atomic E-state index is 12.1. The van der Waals surface area contributed by atoms with Gasteiger partial charge in [-0.25, -0.2) is 9.97 Å². The number of nitrogens with two attached hydrogens (primary N) is 1.